The van der Waals surface area contributed by atoms with Gasteiger partial charge in [0, 0.05) is 25.3 Å². The number of aliphatic hydroxyl groups excluding tert-OH is 1. The number of H-pyrrole nitrogens is 1. The van der Waals surface area contributed by atoms with Crippen molar-refractivity contribution in [1.82, 2.24) is 9.55 Å². The normalized spacial score (nSPS) is 26.9. The van der Waals surface area contributed by atoms with Gasteiger partial charge in [0.2, 0.25) is 0 Å². The summed E-state index contributed by atoms with van der Waals surface area (Å²) < 4.78 is 19.2. The van der Waals surface area contributed by atoms with E-state index < -0.39 is 44.1 Å². The Morgan fingerprint density at radius 1 is 1.37 bits per heavy atom. The van der Waals surface area contributed by atoms with Crippen molar-refractivity contribution in [3.8, 4) is 0 Å². The van der Waals surface area contributed by atoms with Gasteiger partial charge in [-0.15, -0.1) is 0 Å². The zero-order valence-corrected chi connectivity index (χ0v) is 18.0. The van der Waals surface area contributed by atoms with Gasteiger partial charge in [0.05, 0.1) is 18.8 Å². The summed E-state index contributed by atoms with van der Waals surface area (Å²) in [7, 11) is -1.98. The van der Waals surface area contributed by atoms with Gasteiger partial charge < -0.3 is 19.0 Å². The Bertz CT molecular complexity index is 738. The molecule has 0 bridgehead atoms. The monoisotopic (exact) mass is 400 g/mol. The van der Waals surface area contributed by atoms with Gasteiger partial charge in [0.25, 0.3) is 5.56 Å². The lowest BCUT2D eigenvalue weighted by Crippen LogP contribution is -2.52. The first-order valence-electron chi connectivity index (χ1n) is 9.37. The standard InChI is InChI=1S/C18H32N2O6Si/c1-7-24-16-12(20-9-8-15(22)19-17(20)23)10-13(21)14(26-16)11-25-27(5,6)18(2,3)4/h8-9,12-14,16,21H,7,10-11H2,1-6H3,(H,19,22,23)/t12-,13+,14+,16-/m0/s1. The lowest BCUT2D eigenvalue weighted by atomic mass is 10.0. The molecule has 1 aliphatic rings. The van der Waals surface area contributed by atoms with E-state index in [1.807, 2.05) is 6.92 Å². The van der Waals surface area contributed by atoms with Crippen LogP contribution in [0.1, 0.15) is 40.2 Å². The lowest BCUT2D eigenvalue weighted by molar-refractivity contribution is -0.248. The molecule has 1 aromatic heterocycles. The van der Waals surface area contributed by atoms with E-state index >= 15 is 0 Å². The van der Waals surface area contributed by atoms with Crippen molar-refractivity contribution in [2.45, 2.75) is 76.8 Å². The van der Waals surface area contributed by atoms with E-state index in [0.717, 1.165) is 0 Å². The second-order valence-electron chi connectivity index (χ2n) is 8.46. The van der Waals surface area contributed by atoms with Crippen LogP contribution in [-0.2, 0) is 13.9 Å². The van der Waals surface area contributed by atoms with Crippen LogP contribution in [0, 0.1) is 0 Å². The van der Waals surface area contributed by atoms with E-state index in [0.29, 0.717) is 6.61 Å². The molecule has 0 aliphatic carbocycles. The highest BCUT2D eigenvalue weighted by molar-refractivity contribution is 6.74. The van der Waals surface area contributed by atoms with Crippen LogP contribution in [0.5, 0.6) is 0 Å². The number of nitrogens with zero attached hydrogens (tertiary/aromatic N) is 1. The SMILES string of the molecule is CCO[C@H]1O[C@H](CO[Si](C)(C)C(C)(C)C)[C@H](O)C[C@@H]1n1ccc(=O)[nH]c1=O. The Kier molecular flexibility index (Phi) is 6.85. The Labute approximate surface area is 160 Å². The van der Waals surface area contributed by atoms with Gasteiger partial charge in [-0.25, -0.2) is 4.79 Å². The van der Waals surface area contributed by atoms with E-state index in [1.54, 1.807) is 0 Å². The molecule has 0 amide bonds. The third kappa shape index (κ3) is 5.17. The first-order chi connectivity index (χ1) is 12.5. The van der Waals surface area contributed by atoms with Crippen molar-refractivity contribution < 1.29 is 19.0 Å². The smallest absolute Gasteiger partial charge is 0.328 e. The topological polar surface area (TPSA) is 103 Å². The zero-order chi connectivity index (χ0) is 20.4. The minimum absolute atomic E-state index is 0.0533. The molecule has 0 spiro atoms. The lowest BCUT2D eigenvalue weighted by Gasteiger charge is -2.42. The molecule has 1 fully saturated rings. The molecule has 154 valence electrons. The van der Waals surface area contributed by atoms with Gasteiger partial charge in [-0.05, 0) is 25.1 Å². The molecule has 2 N–H and O–H groups in total. The number of nitrogens with one attached hydrogen (secondary N) is 1. The summed E-state index contributed by atoms with van der Waals surface area (Å²) in [5.41, 5.74) is -1.02. The fourth-order valence-corrected chi connectivity index (χ4v) is 3.78. The molecule has 2 heterocycles. The van der Waals surface area contributed by atoms with E-state index in [9.17, 15) is 14.7 Å². The third-order valence-corrected chi connectivity index (χ3v) is 9.99. The van der Waals surface area contributed by atoms with Crippen LogP contribution in [0.3, 0.4) is 0 Å². The summed E-state index contributed by atoms with van der Waals surface area (Å²) in [5, 5.41) is 10.7. The van der Waals surface area contributed by atoms with Gasteiger partial charge in [0.15, 0.2) is 14.6 Å². The molecule has 1 aromatic rings. The van der Waals surface area contributed by atoms with Crippen molar-refractivity contribution in [2.24, 2.45) is 0 Å². The molecule has 1 aliphatic heterocycles. The van der Waals surface area contributed by atoms with E-state index in [2.05, 4.69) is 38.8 Å². The Morgan fingerprint density at radius 3 is 2.59 bits per heavy atom. The minimum Gasteiger partial charge on any atom is -0.414 e. The summed E-state index contributed by atoms with van der Waals surface area (Å²) >= 11 is 0. The Morgan fingerprint density at radius 2 is 2.04 bits per heavy atom. The van der Waals surface area contributed by atoms with Gasteiger partial charge in [0.1, 0.15) is 6.10 Å². The molecule has 2 rings (SSSR count). The van der Waals surface area contributed by atoms with Crippen LogP contribution in [0.25, 0.3) is 0 Å². The summed E-state index contributed by atoms with van der Waals surface area (Å²) in [5.74, 6) is 0. The number of ether oxygens (including phenoxy) is 2. The predicted molar refractivity (Wildman–Crippen MR) is 104 cm³/mol. The van der Waals surface area contributed by atoms with E-state index in [4.69, 9.17) is 13.9 Å². The molecular formula is C18H32N2O6Si. The van der Waals surface area contributed by atoms with Crippen molar-refractivity contribution >= 4 is 8.32 Å². The second kappa shape index (κ2) is 8.40. The van der Waals surface area contributed by atoms with Crippen LogP contribution in [-0.4, -0.2) is 54.7 Å². The number of aromatic nitrogens is 2. The number of hydrogen-bond acceptors (Lipinski definition) is 6. The molecular weight excluding hydrogens is 368 g/mol. The fraction of sp³-hybridized carbons (Fsp3) is 0.778. The molecule has 0 unspecified atom stereocenters. The van der Waals surface area contributed by atoms with Crippen molar-refractivity contribution in [3.05, 3.63) is 33.1 Å². The largest absolute Gasteiger partial charge is 0.414 e. The maximum absolute atomic E-state index is 12.1. The zero-order valence-electron chi connectivity index (χ0n) is 17.0. The number of hydrogen-bond donors (Lipinski definition) is 2. The summed E-state index contributed by atoms with van der Waals surface area (Å²) in [4.78, 5) is 25.7. The minimum atomic E-state index is -1.98. The quantitative estimate of drug-likeness (QED) is 0.704. The third-order valence-electron chi connectivity index (χ3n) is 5.49. The summed E-state index contributed by atoms with van der Waals surface area (Å²) in [6.45, 7) is 13.2. The van der Waals surface area contributed by atoms with Gasteiger partial charge in [-0.2, -0.15) is 0 Å². The second-order valence-corrected chi connectivity index (χ2v) is 13.3. The highest BCUT2D eigenvalue weighted by Crippen LogP contribution is 2.37. The first kappa shape index (κ1) is 22.0. The van der Waals surface area contributed by atoms with Crippen molar-refractivity contribution in [1.29, 1.82) is 0 Å². The van der Waals surface area contributed by atoms with Crippen LogP contribution < -0.4 is 11.2 Å². The molecule has 0 aromatic carbocycles. The Balaban J connectivity index is 2.16. The predicted octanol–water partition coefficient (Wildman–Crippen LogP) is 1.61. The molecule has 27 heavy (non-hydrogen) atoms. The van der Waals surface area contributed by atoms with Crippen LogP contribution in [0.15, 0.2) is 21.9 Å². The molecule has 8 nitrogen and oxygen atoms in total. The number of aliphatic hydroxyl groups is 1. The molecule has 9 heteroatoms. The maximum Gasteiger partial charge on any atom is 0.328 e. The van der Waals surface area contributed by atoms with Crippen LogP contribution >= 0.6 is 0 Å². The summed E-state index contributed by atoms with van der Waals surface area (Å²) in [6.07, 6.45) is -0.390. The number of aromatic amines is 1. The Hall–Kier alpha value is -1.26. The van der Waals surface area contributed by atoms with Gasteiger partial charge in [-0.3, -0.25) is 14.3 Å². The van der Waals surface area contributed by atoms with E-state index in [1.165, 1.54) is 16.8 Å². The van der Waals surface area contributed by atoms with Crippen LogP contribution in [0.4, 0.5) is 0 Å². The maximum atomic E-state index is 12.1. The average Bonchev–Trinajstić information content (AvgIpc) is 2.54. The highest BCUT2D eigenvalue weighted by Gasteiger charge is 2.42. The molecule has 0 saturated carbocycles. The van der Waals surface area contributed by atoms with Gasteiger partial charge >= 0.3 is 5.69 Å². The van der Waals surface area contributed by atoms with E-state index in [-0.39, 0.29) is 18.1 Å². The van der Waals surface area contributed by atoms with Crippen molar-refractivity contribution in [2.75, 3.05) is 13.2 Å². The molecule has 1 saturated heterocycles. The molecule has 0 radical (unpaired) electrons. The van der Waals surface area contributed by atoms with Crippen LogP contribution in [0.2, 0.25) is 18.1 Å². The molecule has 4 atom stereocenters. The number of rotatable bonds is 6. The summed E-state index contributed by atoms with van der Waals surface area (Å²) in [6, 6.07) is 0.733. The van der Waals surface area contributed by atoms with Gasteiger partial charge in [-0.1, -0.05) is 20.8 Å². The highest BCUT2D eigenvalue weighted by atomic mass is 28.4. The first-order valence-corrected chi connectivity index (χ1v) is 12.3. The van der Waals surface area contributed by atoms with Crippen molar-refractivity contribution in [3.63, 3.8) is 0 Å². The fourth-order valence-electron chi connectivity index (χ4n) is 2.77. The average molecular weight is 401 g/mol.